The summed E-state index contributed by atoms with van der Waals surface area (Å²) >= 11 is 0. The van der Waals surface area contributed by atoms with Crippen molar-refractivity contribution in [1.82, 2.24) is 0 Å². The van der Waals surface area contributed by atoms with Gasteiger partial charge in [0.15, 0.2) is 0 Å². The van der Waals surface area contributed by atoms with Crippen LogP contribution in [0.4, 0.5) is 5.69 Å². The summed E-state index contributed by atoms with van der Waals surface area (Å²) in [5.41, 5.74) is 7.15. The molecule has 0 aromatic heterocycles. The minimum absolute atomic E-state index is 0.0345. The molecule has 0 fully saturated rings. The lowest BCUT2D eigenvalue weighted by atomic mass is 10.1. The highest BCUT2D eigenvalue weighted by Gasteiger charge is 2.14. The van der Waals surface area contributed by atoms with E-state index in [9.17, 15) is 4.79 Å². The first-order valence-electron chi connectivity index (χ1n) is 6.47. The van der Waals surface area contributed by atoms with E-state index in [4.69, 9.17) is 15.6 Å². The van der Waals surface area contributed by atoms with Gasteiger partial charge in [-0.15, -0.1) is 0 Å². The fourth-order valence-corrected chi connectivity index (χ4v) is 2.00. The summed E-state index contributed by atoms with van der Waals surface area (Å²) in [6.45, 7) is 0.457. The zero-order valence-corrected chi connectivity index (χ0v) is 11.1. The minimum Gasteiger partial charge on any atom is -0.493 e. The normalized spacial score (nSPS) is 10.2. The summed E-state index contributed by atoms with van der Waals surface area (Å²) in [5.74, 6) is -0.744. The van der Waals surface area contributed by atoms with Gasteiger partial charge in [-0.3, -0.25) is 0 Å². The summed E-state index contributed by atoms with van der Waals surface area (Å²) in [6, 6.07) is 15.0. The number of anilines is 1. The summed E-state index contributed by atoms with van der Waals surface area (Å²) in [5, 5.41) is 9.12. The molecule has 0 aliphatic heterocycles. The average Bonchev–Trinajstić information content (AvgIpc) is 2.44. The maximum atomic E-state index is 11.1. The van der Waals surface area contributed by atoms with Crippen molar-refractivity contribution in [2.24, 2.45) is 0 Å². The van der Waals surface area contributed by atoms with Gasteiger partial charge in [0, 0.05) is 5.69 Å². The van der Waals surface area contributed by atoms with Crippen LogP contribution in [0.5, 0.6) is 5.75 Å². The predicted octanol–water partition coefficient (Wildman–Crippen LogP) is 2.98. The van der Waals surface area contributed by atoms with Crippen LogP contribution in [0.25, 0.3) is 0 Å². The number of hydrogen-bond acceptors (Lipinski definition) is 3. The molecular formula is C16H17NO3. The third kappa shape index (κ3) is 3.51. The van der Waals surface area contributed by atoms with Crippen molar-refractivity contribution < 1.29 is 14.6 Å². The maximum Gasteiger partial charge on any atom is 0.341 e. The molecule has 20 heavy (non-hydrogen) atoms. The van der Waals surface area contributed by atoms with Crippen molar-refractivity contribution in [1.29, 1.82) is 0 Å². The van der Waals surface area contributed by atoms with Crippen molar-refractivity contribution >= 4 is 11.7 Å². The lowest BCUT2D eigenvalue weighted by Crippen LogP contribution is -2.08. The first-order chi connectivity index (χ1) is 9.68. The van der Waals surface area contributed by atoms with Crippen LogP contribution in [-0.2, 0) is 6.42 Å². The Kier molecular flexibility index (Phi) is 4.60. The molecule has 0 saturated heterocycles. The lowest BCUT2D eigenvalue weighted by Gasteiger charge is -2.10. The Balaban J connectivity index is 1.92. The molecular weight excluding hydrogens is 254 g/mol. The molecule has 0 atom stereocenters. The van der Waals surface area contributed by atoms with E-state index in [2.05, 4.69) is 12.1 Å². The van der Waals surface area contributed by atoms with Crippen molar-refractivity contribution in [3.63, 3.8) is 0 Å². The molecule has 0 aliphatic carbocycles. The second-order valence-electron chi connectivity index (χ2n) is 4.46. The van der Waals surface area contributed by atoms with Crippen LogP contribution >= 0.6 is 0 Å². The van der Waals surface area contributed by atoms with Gasteiger partial charge in [0.25, 0.3) is 0 Å². The number of carboxylic acid groups (broad SMARTS) is 1. The van der Waals surface area contributed by atoms with Crippen molar-refractivity contribution in [3.8, 4) is 5.75 Å². The van der Waals surface area contributed by atoms with E-state index in [1.807, 2.05) is 18.2 Å². The van der Waals surface area contributed by atoms with Gasteiger partial charge in [0.2, 0.25) is 0 Å². The molecule has 0 spiro atoms. The fraction of sp³-hybridized carbons (Fsp3) is 0.188. The minimum atomic E-state index is -1.07. The number of nitrogen functional groups attached to an aromatic ring is 1. The van der Waals surface area contributed by atoms with Gasteiger partial charge in [0.1, 0.15) is 11.3 Å². The third-order valence-corrected chi connectivity index (χ3v) is 2.98. The maximum absolute atomic E-state index is 11.1. The molecule has 0 radical (unpaired) electrons. The SMILES string of the molecule is Nc1cccc(OCCCc2ccccc2)c1C(=O)O. The molecule has 2 aromatic carbocycles. The Morgan fingerprint density at radius 1 is 1.10 bits per heavy atom. The topological polar surface area (TPSA) is 72.5 Å². The van der Waals surface area contributed by atoms with E-state index >= 15 is 0 Å². The smallest absolute Gasteiger partial charge is 0.341 e. The third-order valence-electron chi connectivity index (χ3n) is 2.98. The van der Waals surface area contributed by atoms with E-state index in [0.29, 0.717) is 12.4 Å². The van der Waals surface area contributed by atoms with Crippen molar-refractivity contribution in [2.45, 2.75) is 12.8 Å². The number of benzene rings is 2. The molecule has 104 valence electrons. The van der Waals surface area contributed by atoms with Crippen molar-refractivity contribution in [2.75, 3.05) is 12.3 Å². The Morgan fingerprint density at radius 2 is 1.85 bits per heavy atom. The van der Waals surface area contributed by atoms with E-state index < -0.39 is 5.97 Å². The molecule has 0 bridgehead atoms. The molecule has 0 unspecified atom stereocenters. The Hall–Kier alpha value is -2.49. The Morgan fingerprint density at radius 3 is 2.55 bits per heavy atom. The second-order valence-corrected chi connectivity index (χ2v) is 4.46. The van der Waals surface area contributed by atoms with Gasteiger partial charge in [-0.05, 0) is 30.5 Å². The molecule has 0 amide bonds. The van der Waals surface area contributed by atoms with E-state index in [1.54, 1.807) is 18.2 Å². The second kappa shape index (κ2) is 6.61. The average molecular weight is 271 g/mol. The number of nitrogens with two attached hydrogens (primary N) is 1. The number of aryl methyl sites for hydroxylation is 1. The Labute approximate surface area is 117 Å². The molecule has 0 heterocycles. The largest absolute Gasteiger partial charge is 0.493 e. The molecule has 3 N–H and O–H groups in total. The Bertz CT molecular complexity index is 582. The lowest BCUT2D eigenvalue weighted by molar-refractivity contribution is 0.0693. The first-order valence-corrected chi connectivity index (χ1v) is 6.47. The van der Waals surface area contributed by atoms with Crippen LogP contribution in [0.15, 0.2) is 48.5 Å². The number of ether oxygens (including phenoxy) is 1. The van der Waals surface area contributed by atoms with Crippen LogP contribution in [-0.4, -0.2) is 17.7 Å². The standard InChI is InChI=1S/C16H17NO3/c17-13-9-4-10-14(15(13)16(18)19)20-11-5-8-12-6-2-1-3-7-12/h1-4,6-7,9-10H,5,8,11,17H2,(H,18,19). The number of carboxylic acids is 1. The van der Waals surface area contributed by atoms with Crippen LogP contribution in [0.2, 0.25) is 0 Å². The fourth-order valence-electron chi connectivity index (χ4n) is 2.00. The van der Waals surface area contributed by atoms with Crippen LogP contribution in [0.3, 0.4) is 0 Å². The molecule has 2 aromatic rings. The van der Waals surface area contributed by atoms with Gasteiger partial charge in [-0.2, -0.15) is 0 Å². The van der Waals surface area contributed by atoms with Gasteiger partial charge in [-0.1, -0.05) is 36.4 Å². The summed E-state index contributed by atoms with van der Waals surface area (Å²) in [4.78, 5) is 11.1. The van der Waals surface area contributed by atoms with Gasteiger partial charge >= 0.3 is 5.97 Å². The zero-order valence-electron chi connectivity index (χ0n) is 11.1. The molecule has 4 heteroatoms. The summed E-state index contributed by atoms with van der Waals surface area (Å²) in [6.07, 6.45) is 1.71. The monoisotopic (exact) mass is 271 g/mol. The van der Waals surface area contributed by atoms with E-state index in [0.717, 1.165) is 12.8 Å². The van der Waals surface area contributed by atoms with Crippen LogP contribution in [0.1, 0.15) is 22.3 Å². The molecule has 4 nitrogen and oxygen atoms in total. The van der Waals surface area contributed by atoms with Gasteiger partial charge < -0.3 is 15.6 Å². The van der Waals surface area contributed by atoms with Crippen LogP contribution < -0.4 is 10.5 Å². The molecule has 2 rings (SSSR count). The summed E-state index contributed by atoms with van der Waals surface area (Å²) < 4.78 is 5.54. The van der Waals surface area contributed by atoms with Gasteiger partial charge in [0.05, 0.1) is 6.61 Å². The number of rotatable bonds is 6. The summed E-state index contributed by atoms with van der Waals surface area (Å²) in [7, 11) is 0. The first kappa shape index (κ1) is 13.9. The highest BCUT2D eigenvalue weighted by atomic mass is 16.5. The molecule has 0 saturated carbocycles. The number of hydrogen-bond donors (Lipinski definition) is 2. The highest BCUT2D eigenvalue weighted by Crippen LogP contribution is 2.24. The van der Waals surface area contributed by atoms with Gasteiger partial charge in [-0.25, -0.2) is 4.79 Å². The van der Waals surface area contributed by atoms with Crippen molar-refractivity contribution in [3.05, 3.63) is 59.7 Å². The molecule has 0 aliphatic rings. The predicted molar refractivity (Wildman–Crippen MR) is 78.1 cm³/mol. The van der Waals surface area contributed by atoms with E-state index in [1.165, 1.54) is 5.56 Å². The number of carbonyl (C=O) groups is 1. The number of aromatic carboxylic acids is 1. The van der Waals surface area contributed by atoms with E-state index in [-0.39, 0.29) is 11.3 Å². The quantitative estimate of drug-likeness (QED) is 0.625. The van der Waals surface area contributed by atoms with Crippen LogP contribution in [0, 0.1) is 0 Å². The highest BCUT2D eigenvalue weighted by molar-refractivity contribution is 5.96. The zero-order chi connectivity index (χ0) is 14.4.